The average molecular weight is 314 g/mol. The van der Waals surface area contributed by atoms with Crippen molar-refractivity contribution in [3.05, 3.63) is 12.3 Å². The highest BCUT2D eigenvalue weighted by Crippen LogP contribution is 2.35. The van der Waals surface area contributed by atoms with E-state index in [2.05, 4.69) is 5.10 Å². The molecule has 0 spiro atoms. The summed E-state index contributed by atoms with van der Waals surface area (Å²) in [6.45, 7) is 2.69. The molecule has 1 heterocycles. The lowest BCUT2D eigenvalue weighted by Crippen LogP contribution is -2.56. The molecule has 0 bridgehead atoms. The summed E-state index contributed by atoms with van der Waals surface area (Å²) >= 11 is 0. The van der Waals surface area contributed by atoms with Gasteiger partial charge < -0.3 is 5.73 Å². The number of aromatic nitrogens is 2. The van der Waals surface area contributed by atoms with Gasteiger partial charge in [0, 0.05) is 25.7 Å². The highest BCUT2D eigenvalue weighted by atomic mass is 32.2. The molecule has 0 atom stereocenters. The van der Waals surface area contributed by atoms with Crippen molar-refractivity contribution in [1.29, 1.82) is 0 Å². The lowest BCUT2D eigenvalue weighted by atomic mass is 9.90. The van der Waals surface area contributed by atoms with Crippen LogP contribution in [0.1, 0.15) is 45.4 Å². The number of hydrogen-bond donors (Lipinski definition) is 1. The minimum atomic E-state index is -3.57. The molecule has 0 aliphatic heterocycles. The molecule has 1 fully saturated rings. The van der Waals surface area contributed by atoms with Gasteiger partial charge in [0.15, 0.2) is 5.03 Å². The molecule has 1 aliphatic rings. The Hall–Kier alpha value is -0.920. The van der Waals surface area contributed by atoms with Gasteiger partial charge in [-0.25, -0.2) is 8.42 Å². The molecule has 2 N–H and O–H groups in total. The molecule has 1 saturated carbocycles. The van der Waals surface area contributed by atoms with Crippen molar-refractivity contribution in [2.24, 2.45) is 12.8 Å². The van der Waals surface area contributed by atoms with Gasteiger partial charge in [-0.2, -0.15) is 9.40 Å². The van der Waals surface area contributed by atoms with Crippen molar-refractivity contribution in [3.8, 4) is 0 Å². The van der Waals surface area contributed by atoms with Gasteiger partial charge in [0.05, 0.1) is 6.20 Å². The summed E-state index contributed by atoms with van der Waals surface area (Å²) in [7, 11) is -1.92. The quantitative estimate of drug-likeness (QED) is 0.835. The van der Waals surface area contributed by atoms with E-state index in [1.54, 1.807) is 17.4 Å². The first kappa shape index (κ1) is 16.5. The van der Waals surface area contributed by atoms with E-state index in [1.807, 2.05) is 6.92 Å². The lowest BCUT2D eigenvalue weighted by Gasteiger charge is -2.41. The first-order valence-electron chi connectivity index (χ1n) is 7.69. The van der Waals surface area contributed by atoms with Gasteiger partial charge >= 0.3 is 0 Å². The summed E-state index contributed by atoms with van der Waals surface area (Å²) in [5.74, 6) is 0. The van der Waals surface area contributed by atoms with Gasteiger partial charge in [0.2, 0.25) is 0 Å². The standard InChI is InChI=1S/C14H26N4O2S/c1-3-18(14(12-15)9-6-4-5-7-10-14)21(19,20)13-8-11-16-17(13)2/h8,11H,3-7,9-10,12,15H2,1-2H3. The second kappa shape index (κ2) is 6.46. The second-order valence-electron chi connectivity index (χ2n) is 5.81. The smallest absolute Gasteiger partial charge is 0.260 e. The zero-order chi connectivity index (χ0) is 15.5. The molecule has 1 aromatic heterocycles. The van der Waals surface area contributed by atoms with Crippen LogP contribution in [0.4, 0.5) is 0 Å². The Kier molecular flexibility index (Phi) is 5.06. The predicted molar refractivity (Wildman–Crippen MR) is 82.3 cm³/mol. The van der Waals surface area contributed by atoms with Gasteiger partial charge in [-0.15, -0.1) is 0 Å². The van der Waals surface area contributed by atoms with Gasteiger partial charge in [0.1, 0.15) is 0 Å². The number of hydrogen-bond acceptors (Lipinski definition) is 4. The Bertz CT molecular complexity index is 559. The number of aryl methyl sites for hydroxylation is 1. The minimum absolute atomic E-state index is 0.237. The van der Waals surface area contributed by atoms with Crippen LogP contribution in [0.15, 0.2) is 17.3 Å². The highest BCUT2D eigenvalue weighted by molar-refractivity contribution is 7.89. The fraction of sp³-hybridized carbons (Fsp3) is 0.786. The van der Waals surface area contributed by atoms with Crippen LogP contribution in [0.25, 0.3) is 0 Å². The van der Waals surface area contributed by atoms with Crippen molar-refractivity contribution >= 4 is 10.0 Å². The van der Waals surface area contributed by atoms with E-state index in [0.717, 1.165) is 38.5 Å². The first-order valence-corrected chi connectivity index (χ1v) is 9.13. The van der Waals surface area contributed by atoms with Gasteiger partial charge in [-0.3, -0.25) is 4.68 Å². The maximum absolute atomic E-state index is 13.0. The Morgan fingerprint density at radius 1 is 1.33 bits per heavy atom. The number of nitrogens with zero attached hydrogens (tertiary/aromatic N) is 3. The maximum Gasteiger partial charge on any atom is 0.260 e. The fourth-order valence-electron chi connectivity index (χ4n) is 3.43. The molecule has 0 saturated heterocycles. The monoisotopic (exact) mass is 314 g/mol. The summed E-state index contributed by atoms with van der Waals surface area (Å²) in [6.07, 6.45) is 7.59. The van der Waals surface area contributed by atoms with E-state index in [9.17, 15) is 8.42 Å². The maximum atomic E-state index is 13.0. The third kappa shape index (κ3) is 3.00. The van der Waals surface area contributed by atoms with Crippen molar-refractivity contribution < 1.29 is 8.42 Å². The third-order valence-electron chi connectivity index (χ3n) is 4.56. The molecular weight excluding hydrogens is 288 g/mol. The van der Waals surface area contributed by atoms with Crippen molar-refractivity contribution in [3.63, 3.8) is 0 Å². The molecule has 7 heteroatoms. The van der Waals surface area contributed by atoms with Gasteiger partial charge in [-0.1, -0.05) is 32.6 Å². The summed E-state index contributed by atoms with van der Waals surface area (Å²) in [6, 6.07) is 1.55. The van der Waals surface area contributed by atoms with E-state index in [1.165, 1.54) is 10.9 Å². The summed E-state index contributed by atoms with van der Waals surface area (Å²) in [5.41, 5.74) is 5.59. The Morgan fingerprint density at radius 3 is 2.38 bits per heavy atom. The van der Waals surface area contributed by atoms with Crippen molar-refractivity contribution in [2.75, 3.05) is 13.1 Å². The van der Waals surface area contributed by atoms with Crippen molar-refractivity contribution in [1.82, 2.24) is 14.1 Å². The Morgan fingerprint density at radius 2 is 1.95 bits per heavy atom. The van der Waals surface area contributed by atoms with E-state index in [4.69, 9.17) is 5.73 Å². The Balaban J connectivity index is 2.43. The molecule has 6 nitrogen and oxygen atoms in total. The molecule has 2 rings (SSSR count). The molecule has 1 aromatic rings. The molecular formula is C14H26N4O2S. The first-order chi connectivity index (χ1) is 9.98. The summed E-state index contributed by atoms with van der Waals surface area (Å²) < 4.78 is 29.1. The number of nitrogens with two attached hydrogens (primary N) is 1. The number of likely N-dealkylation sites (N-methyl/N-ethyl adjacent to an activating group) is 1. The lowest BCUT2D eigenvalue weighted by molar-refractivity contribution is 0.173. The zero-order valence-corrected chi connectivity index (χ0v) is 13.8. The third-order valence-corrected chi connectivity index (χ3v) is 6.72. The molecule has 21 heavy (non-hydrogen) atoms. The van der Waals surface area contributed by atoms with Gasteiger partial charge in [0.25, 0.3) is 10.0 Å². The highest BCUT2D eigenvalue weighted by Gasteiger charge is 2.43. The topological polar surface area (TPSA) is 81.2 Å². The van der Waals surface area contributed by atoms with Gasteiger partial charge in [-0.05, 0) is 18.9 Å². The molecule has 120 valence electrons. The SMILES string of the molecule is CCN(C1(CN)CCCCCC1)S(=O)(=O)c1ccnn1C. The van der Waals surface area contributed by atoms with Crippen LogP contribution in [0.3, 0.4) is 0 Å². The van der Waals surface area contributed by atoms with Crippen LogP contribution in [0.2, 0.25) is 0 Å². The van der Waals surface area contributed by atoms with E-state index in [0.29, 0.717) is 13.1 Å². The van der Waals surface area contributed by atoms with Crippen LogP contribution < -0.4 is 5.73 Å². The van der Waals surface area contributed by atoms with Crippen LogP contribution >= 0.6 is 0 Å². The van der Waals surface area contributed by atoms with Crippen molar-refractivity contribution in [2.45, 2.75) is 56.0 Å². The fourth-order valence-corrected chi connectivity index (χ4v) is 5.38. The second-order valence-corrected chi connectivity index (χ2v) is 7.61. The summed E-state index contributed by atoms with van der Waals surface area (Å²) in [4.78, 5) is 0. The molecule has 1 aliphatic carbocycles. The van der Waals surface area contributed by atoms with E-state index < -0.39 is 15.6 Å². The van der Waals surface area contributed by atoms with Crippen LogP contribution in [0.5, 0.6) is 0 Å². The Labute approximate surface area is 127 Å². The molecule has 0 radical (unpaired) electrons. The molecule has 0 amide bonds. The van der Waals surface area contributed by atoms with Crippen LogP contribution in [-0.2, 0) is 17.1 Å². The van der Waals surface area contributed by atoms with E-state index >= 15 is 0 Å². The number of sulfonamides is 1. The largest absolute Gasteiger partial charge is 0.329 e. The summed E-state index contributed by atoms with van der Waals surface area (Å²) in [5, 5.41) is 4.23. The van der Waals surface area contributed by atoms with E-state index in [-0.39, 0.29) is 5.03 Å². The number of rotatable bonds is 5. The average Bonchev–Trinajstić information content (AvgIpc) is 2.75. The van der Waals surface area contributed by atoms with Crippen LogP contribution in [0, 0.1) is 0 Å². The molecule has 0 aromatic carbocycles. The minimum Gasteiger partial charge on any atom is -0.329 e. The zero-order valence-electron chi connectivity index (χ0n) is 13.0. The molecule has 0 unspecified atom stereocenters. The van der Waals surface area contributed by atoms with Crippen LogP contribution in [-0.4, -0.2) is 41.1 Å². The predicted octanol–water partition coefficient (Wildman–Crippen LogP) is 1.48. The normalized spacial score (nSPS) is 19.6.